The van der Waals surface area contributed by atoms with Crippen LogP contribution in [0.2, 0.25) is 0 Å². The molecule has 0 fully saturated rings. The number of nitrogens with zero attached hydrogens (tertiary/aromatic N) is 1. The molecule has 1 aromatic heterocycles. The summed E-state index contributed by atoms with van der Waals surface area (Å²) in [6.45, 7) is 9.67. The van der Waals surface area contributed by atoms with Gasteiger partial charge in [-0.15, -0.1) is 0 Å². The molecule has 0 radical (unpaired) electrons. The third kappa shape index (κ3) is 3.97. The van der Waals surface area contributed by atoms with Crippen molar-refractivity contribution in [1.82, 2.24) is 4.57 Å². The van der Waals surface area contributed by atoms with Crippen molar-refractivity contribution in [3.8, 4) is 0 Å². The van der Waals surface area contributed by atoms with E-state index in [4.69, 9.17) is 4.74 Å². The lowest BCUT2D eigenvalue weighted by atomic mass is 10.1. The molecule has 0 saturated heterocycles. The summed E-state index contributed by atoms with van der Waals surface area (Å²) < 4.78 is 7.92. The number of benzene rings is 1. The number of carbonyl (C=O) groups is 1. The first-order valence-corrected chi connectivity index (χ1v) is 7.72. The Morgan fingerprint density at radius 1 is 1.24 bits per heavy atom. The highest BCUT2D eigenvalue weighted by Crippen LogP contribution is 2.25. The lowest BCUT2D eigenvalue weighted by Crippen LogP contribution is -2.27. The zero-order valence-electron chi connectivity index (χ0n) is 12.4. The zero-order chi connectivity index (χ0) is 15.6. The monoisotopic (exact) mass is 395 g/mol. The maximum atomic E-state index is 12.3. The topological polar surface area (TPSA) is 31.2 Å². The number of hydrogen-bond acceptors (Lipinski definition) is 2. The fourth-order valence-electron chi connectivity index (χ4n) is 1.91. The number of halogens is 1. The van der Waals surface area contributed by atoms with Crippen LogP contribution in [0.4, 0.5) is 4.79 Å². The predicted molar refractivity (Wildman–Crippen MR) is 93.4 cm³/mol. The fourth-order valence-corrected chi connectivity index (χ4v) is 2.49. The largest absolute Gasteiger partial charge is 0.443 e. The molecule has 3 nitrogen and oxygen atoms in total. The quantitative estimate of drug-likeness (QED) is 0.675. The number of aromatic nitrogens is 1. The van der Waals surface area contributed by atoms with Crippen LogP contribution in [0, 0.1) is 3.57 Å². The molecule has 21 heavy (non-hydrogen) atoms. The van der Waals surface area contributed by atoms with Crippen LogP contribution < -0.4 is 0 Å². The van der Waals surface area contributed by atoms with E-state index in [0.717, 1.165) is 20.4 Å². The molecule has 0 bridgehead atoms. The number of carbonyl (C=O) groups excluding carboxylic acids is 1. The minimum Gasteiger partial charge on any atom is -0.443 e. The molecule has 1 aromatic carbocycles. The van der Waals surface area contributed by atoms with E-state index in [1.54, 1.807) is 6.20 Å². The van der Waals surface area contributed by atoms with Crippen molar-refractivity contribution in [3.05, 3.63) is 64.0 Å². The van der Waals surface area contributed by atoms with Gasteiger partial charge in [-0.1, -0.05) is 36.9 Å². The van der Waals surface area contributed by atoms with E-state index < -0.39 is 11.7 Å². The van der Waals surface area contributed by atoms with Gasteiger partial charge in [0.1, 0.15) is 5.60 Å². The Bertz CT molecular complexity index is 666. The lowest BCUT2D eigenvalue weighted by molar-refractivity contribution is 0.0536. The summed E-state index contributed by atoms with van der Waals surface area (Å²) in [6.07, 6.45) is 1.37. The normalized spacial score (nSPS) is 11.2. The van der Waals surface area contributed by atoms with E-state index in [0.29, 0.717) is 0 Å². The van der Waals surface area contributed by atoms with E-state index in [9.17, 15) is 4.79 Å². The van der Waals surface area contributed by atoms with E-state index in [1.807, 2.05) is 57.2 Å². The van der Waals surface area contributed by atoms with Crippen LogP contribution in [0.15, 0.2) is 49.2 Å². The van der Waals surface area contributed by atoms with E-state index in [-0.39, 0.29) is 0 Å². The average Bonchev–Trinajstić information content (AvgIpc) is 2.79. The molecule has 0 atom stereocenters. The lowest BCUT2D eigenvalue weighted by Gasteiger charge is -2.20. The van der Waals surface area contributed by atoms with E-state index in [1.165, 1.54) is 4.57 Å². The molecule has 0 saturated carbocycles. The summed E-state index contributed by atoms with van der Waals surface area (Å²) in [5.74, 6) is 0. The first-order chi connectivity index (χ1) is 9.78. The molecule has 0 aliphatic carbocycles. The minimum absolute atomic E-state index is 0.391. The summed E-state index contributed by atoms with van der Waals surface area (Å²) in [7, 11) is 0. The molecular weight excluding hydrogens is 377 g/mol. The van der Waals surface area contributed by atoms with Gasteiger partial charge in [-0.3, -0.25) is 4.57 Å². The molecule has 0 amide bonds. The van der Waals surface area contributed by atoms with Gasteiger partial charge < -0.3 is 4.74 Å². The number of rotatable bonds is 2. The van der Waals surface area contributed by atoms with Gasteiger partial charge in [0, 0.05) is 9.77 Å². The molecule has 0 spiro atoms. The van der Waals surface area contributed by atoms with Crippen LogP contribution in [-0.4, -0.2) is 16.3 Å². The van der Waals surface area contributed by atoms with Crippen LogP contribution in [0.5, 0.6) is 0 Å². The Hall–Kier alpha value is -1.56. The van der Waals surface area contributed by atoms with Crippen LogP contribution >= 0.6 is 22.6 Å². The van der Waals surface area contributed by atoms with Gasteiger partial charge in [0.25, 0.3) is 0 Å². The van der Waals surface area contributed by atoms with Gasteiger partial charge in [0.15, 0.2) is 0 Å². The number of ether oxygens (including phenoxy) is 1. The Balaban J connectivity index is 2.38. The molecule has 110 valence electrons. The third-order valence-corrected chi connectivity index (χ3v) is 3.40. The van der Waals surface area contributed by atoms with Crippen molar-refractivity contribution >= 4 is 34.3 Å². The molecule has 0 aliphatic heterocycles. The van der Waals surface area contributed by atoms with Gasteiger partial charge in [-0.25, -0.2) is 4.79 Å². The summed E-state index contributed by atoms with van der Waals surface area (Å²) in [6, 6.07) is 11.7. The molecule has 0 N–H and O–H groups in total. The van der Waals surface area contributed by atoms with Gasteiger partial charge in [-0.2, -0.15) is 0 Å². The average molecular weight is 395 g/mol. The van der Waals surface area contributed by atoms with Gasteiger partial charge in [-0.05, 0) is 60.6 Å². The van der Waals surface area contributed by atoms with Crippen LogP contribution in [0.25, 0.3) is 5.57 Å². The highest BCUT2D eigenvalue weighted by Gasteiger charge is 2.21. The van der Waals surface area contributed by atoms with Crippen molar-refractivity contribution in [3.63, 3.8) is 0 Å². The summed E-state index contributed by atoms with van der Waals surface area (Å²) in [5, 5.41) is 0. The summed E-state index contributed by atoms with van der Waals surface area (Å²) in [4.78, 5) is 12.3. The van der Waals surface area contributed by atoms with Crippen molar-refractivity contribution in [2.45, 2.75) is 26.4 Å². The molecule has 4 heteroatoms. The van der Waals surface area contributed by atoms with E-state index >= 15 is 0 Å². The Morgan fingerprint density at radius 3 is 2.43 bits per heavy atom. The van der Waals surface area contributed by atoms with Gasteiger partial charge in [0.2, 0.25) is 0 Å². The Labute approximate surface area is 138 Å². The van der Waals surface area contributed by atoms with Crippen molar-refractivity contribution in [2.75, 3.05) is 0 Å². The van der Waals surface area contributed by atoms with Crippen molar-refractivity contribution in [1.29, 1.82) is 0 Å². The first-order valence-electron chi connectivity index (χ1n) is 6.64. The first kappa shape index (κ1) is 15.8. The zero-order valence-corrected chi connectivity index (χ0v) is 14.5. The Kier molecular flexibility index (Phi) is 4.56. The standard InChI is InChI=1S/C17H18INO2/c1-12(13-8-6-5-7-9-13)15-10-14(18)11-19(15)16(20)21-17(2,3)4/h5-11H,1H2,2-4H3. The minimum atomic E-state index is -0.530. The highest BCUT2D eigenvalue weighted by molar-refractivity contribution is 14.1. The maximum Gasteiger partial charge on any atom is 0.419 e. The molecule has 1 heterocycles. The second kappa shape index (κ2) is 6.05. The molecule has 0 aliphatic rings. The maximum absolute atomic E-state index is 12.3. The molecule has 2 rings (SSSR count). The SMILES string of the molecule is C=C(c1ccccc1)c1cc(I)cn1C(=O)OC(C)(C)C. The smallest absolute Gasteiger partial charge is 0.419 e. The third-order valence-electron chi connectivity index (χ3n) is 2.81. The predicted octanol–water partition coefficient (Wildman–Crippen LogP) is 4.94. The van der Waals surface area contributed by atoms with Gasteiger partial charge >= 0.3 is 6.09 Å². The second-order valence-electron chi connectivity index (χ2n) is 5.74. The van der Waals surface area contributed by atoms with Crippen molar-refractivity contribution < 1.29 is 9.53 Å². The molecular formula is C17H18INO2. The van der Waals surface area contributed by atoms with Crippen LogP contribution in [0.3, 0.4) is 0 Å². The molecule has 0 unspecified atom stereocenters. The van der Waals surface area contributed by atoms with Gasteiger partial charge in [0.05, 0.1) is 5.69 Å². The van der Waals surface area contributed by atoms with E-state index in [2.05, 4.69) is 29.2 Å². The van der Waals surface area contributed by atoms with Crippen LogP contribution in [0.1, 0.15) is 32.0 Å². The highest BCUT2D eigenvalue weighted by atomic mass is 127. The fraction of sp³-hybridized carbons (Fsp3) is 0.235. The summed E-state index contributed by atoms with van der Waals surface area (Å²) >= 11 is 2.18. The van der Waals surface area contributed by atoms with Crippen LogP contribution in [-0.2, 0) is 4.74 Å². The Morgan fingerprint density at radius 2 is 1.86 bits per heavy atom. The van der Waals surface area contributed by atoms with Crippen molar-refractivity contribution in [2.24, 2.45) is 0 Å². The number of hydrogen-bond donors (Lipinski definition) is 0. The molecule has 2 aromatic rings. The second-order valence-corrected chi connectivity index (χ2v) is 6.98. The summed E-state index contributed by atoms with van der Waals surface area (Å²) in [5.41, 5.74) is 2.00.